The largest absolute Gasteiger partial charge is 0.487 e. The molecule has 3 aromatic heterocycles. The van der Waals surface area contributed by atoms with Crippen molar-refractivity contribution in [2.45, 2.75) is 50.4 Å². The van der Waals surface area contributed by atoms with E-state index in [4.69, 9.17) is 14.8 Å². The number of aryl methyl sites for hydroxylation is 1. The summed E-state index contributed by atoms with van der Waals surface area (Å²) in [5.74, 6) is 2.27. The van der Waals surface area contributed by atoms with Crippen LogP contribution in [0.15, 0.2) is 48.7 Å². The lowest BCUT2D eigenvalue weighted by atomic mass is 10.1. The first kappa shape index (κ1) is 19.3. The van der Waals surface area contributed by atoms with Crippen LogP contribution in [0.5, 0.6) is 5.75 Å². The highest BCUT2D eigenvalue weighted by molar-refractivity contribution is 5.84. The van der Waals surface area contributed by atoms with Gasteiger partial charge in [0.25, 0.3) is 0 Å². The predicted octanol–water partition coefficient (Wildman–Crippen LogP) is 4.20. The zero-order chi connectivity index (χ0) is 21.7. The summed E-state index contributed by atoms with van der Waals surface area (Å²) >= 11 is 0. The molecule has 32 heavy (non-hydrogen) atoms. The molecular formula is C24H26N6O2. The van der Waals surface area contributed by atoms with Crippen LogP contribution in [-0.4, -0.2) is 41.9 Å². The number of pyridine rings is 1. The number of aliphatic hydroxyl groups is 1. The standard InChI is InChI=1S/C24H26N6O2/c1-29-24-17(14-25-29)21(32-20-9-5-8-19(20)31)13-22(27-24)26-23-12-18(15-6-3-2-4-7-15)28-30(23)16-10-11-16/h2-4,6-7,12-14,16,19-20,31H,5,8-11H2,1H3,(H,26,27)/t19-,20+/m0/s1. The average molecular weight is 431 g/mol. The maximum absolute atomic E-state index is 10.3. The molecule has 2 aliphatic carbocycles. The van der Waals surface area contributed by atoms with Crippen molar-refractivity contribution in [3.05, 3.63) is 48.7 Å². The monoisotopic (exact) mass is 430 g/mol. The van der Waals surface area contributed by atoms with E-state index in [0.29, 0.717) is 17.6 Å². The summed E-state index contributed by atoms with van der Waals surface area (Å²) in [6, 6.07) is 14.6. The van der Waals surface area contributed by atoms with Gasteiger partial charge in [-0.2, -0.15) is 10.2 Å². The Balaban J connectivity index is 1.37. The Morgan fingerprint density at radius 1 is 1.09 bits per heavy atom. The van der Waals surface area contributed by atoms with E-state index in [0.717, 1.165) is 60.2 Å². The summed E-state index contributed by atoms with van der Waals surface area (Å²) in [5.41, 5.74) is 2.76. The SMILES string of the molecule is Cn1ncc2c(O[C@@H]3CCC[C@@H]3O)cc(Nc3cc(-c4ccccc4)nn3C3CC3)nc21. The Morgan fingerprint density at radius 3 is 2.69 bits per heavy atom. The number of ether oxygens (including phenoxy) is 1. The Bertz CT molecular complexity index is 1260. The molecular weight excluding hydrogens is 404 g/mol. The van der Waals surface area contributed by atoms with Gasteiger partial charge in [-0.25, -0.2) is 9.67 Å². The summed E-state index contributed by atoms with van der Waals surface area (Å²) in [7, 11) is 1.87. The predicted molar refractivity (Wildman–Crippen MR) is 122 cm³/mol. The second-order valence-electron chi connectivity index (χ2n) is 8.75. The second kappa shape index (κ2) is 7.63. The van der Waals surface area contributed by atoms with Gasteiger partial charge in [0.2, 0.25) is 0 Å². The first-order valence-electron chi connectivity index (χ1n) is 11.3. The van der Waals surface area contributed by atoms with Crippen LogP contribution in [0.2, 0.25) is 0 Å². The lowest BCUT2D eigenvalue weighted by molar-refractivity contribution is 0.0614. The van der Waals surface area contributed by atoms with Crippen LogP contribution in [0.3, 0.4) is 0 Å². The molecule has 1 aromatic carbocycles. The summed E-state index contributed by atoms with van der Waals surface area (Å²) in [5, 5.41) is 23.8. The van der Waals surface area contributed by atoms with Gasteiger partial charge in [0, 0.05) is 24.7 Å². The van der Waals surface area contributed by atoms with Crippen molar-refractivity contribution in [1.29, 1.82) is 0 Å². The molecule has 0 radical (unpaired) electrons. The fourth-order valence-electron chi connectivity index (χ4n) is 4.42. The summed E-state index contributed by atoms with van der Waals surface area (Å²) in [6.45, 7) is 0. The molecule has 4 aromatic rings. The van der Waals surface area contributed by atoms with Gasteiger partial charge in [0.05, 0.1) is 29.4 Å². The molecule has 2 atom stereocenters. The normalized spacial score (nSPS) is 20.7. The van der Waals surface area contributed by atoms with E-state index in [1.54, 1.807) is 10.9 Å². The first-order valence-corrected chi connectivity index (χ1v) is 11.3. The molecule has 0 spiro atoms. The van der Waals surface area contributed by atoms with Gasteiger partial charge < -0.3 is 15.2 Å². The molecule has 2 fully saturated rings. The van der Waals surface area contributed by atoms with Crippen LogP contribution >= 0.6 is 0 Å². The summed E-state index contributed by atoms with van der Waals surface area (Å²) in [4.78, 5) is 4.79. The molecule has 8 heteroatoms. The molecule has 2 aliphatic rings. The van der Waals surface area contributed by atoms with E-state index in [-0.39, 0.29) is 6.10 Å². The third kappa shape index (κ3) is 3.50. The van der Waals surface area contributed by atoms with Crippen LogP contribution in [0.25, 0.3) is 22.3 Å². The van der Waals surface area contributed by atoms with E-state index in [1.807, 2.05) is 31.3 Å². The molecule has 0 amide bonds. The Kier molecular flexibility index (Phi) is 4.61. The smallest absolute Gasteiger partial charge is 0.163 e. The average Bonchev–Trinajstić information content (AvgIpc) is 3.28. The van der Waals surface area contributed by atoms with Crippen molar-refractivity contribution in [3.8, 4) is 17.0 Å². The van der Waals surface area contributed by atoms with E-state index in [1.165, 1.54) is 0 Å². The molecule has 6 rings (SSSR count). The van der Waals surface area contributed by atoms with Crippen molar-refractivity contribution in [2.24, 2.45) is 7.05 Å². The van der Waals surface area contributed by atoms with Gasteiger partial charge in [-0.1, -0.05) is 30.3 Å². The third-order valence-electron chi connectivity index (χ3n) is 6.32. The summed E-state index contributed by atoms with van der Waals surface area (Å²) in [6.07, 6.45) is 6.00. The molecule has 164 valence electrons. The molecule has 8 nitrogen and oxygen atoms in total. The van der Waals surface area contributed by atoms with E-state index < -0.39 is 6.10 Å². The van der Waals surface area contributed by atoms with E-state index in [9.17, 15) is 5.11 Å². The van der Waals surface area contributed by atoms with Crippen LogP contribution < -0.4 is 10.1 Å². The minimum atomic E-state index is -0.434. The number of aliphatic hydroxyl groups excluding tert-OH is 1. The number of rotatable bonds is 6. The number of anilines is 2. The topological polar surface area (TPSA) is 90.0 Å². The third-order valence-corrected chi connectivity index (χ3v) is 6.32. The Hall–Kier alpha value is -3.39. The van der Waals surface area contributed by atoms with Crippen molar-refractivity contribution >= 4 is 22.7 Å². The van der Waals surface area contributed by atoms with Crippen molar-refractivity contribution in [1.82, 2.24) is 24.5 Å². The number of benzene rings is 1. The molecule has 0 saturated heterocycles. The number of hydrogen-bond donors (Lipinski definition) is 2. The van der Waals surface area contributed by atoms with Gasteiger partial charge >= 0.3 is 0 Å². The fourth-order valence-corrected chi connectivity index (χ4v) is 4.42. The number of nitrogens with zero attached hydrogens (tertiary/aromatic N) is 5. The minimum absolute atomic E-state index is 0.199. The van der Waals surface area contributed by atoms with Crippen molar-refractivity contribution in [2.75, 3.05) is 5.32 Å². The number of fused-ring (bicyclic) bond motifs is 1. The Morgan fingerprint density at radius 2 is 1.94 bits per heavy atom. The lowest BCUT2D eigenvalue weighted by Gasteiger charge is -2.18. The molecule has 0 bridgehead atoms. The quantitative estimate of drug-likeness (QED) is 0.476. The van der Waals surface area contributed by atoms with Gasteiger partial charge in [0.15, 0.2) is 5.65 Å². The van der Waals surface area contributed by atoms with Crippen LogP contribution in [0.4, 0.5) is 11.6 Å². The van der Waals surface area contributed by atoms with Crippen LogP contribution in [0, 0.1) is 0 Å². The molecule has 2 N–H and O–H groups in total. The molecule has 0 aliphatic heterocycles. The number of nitrogens with one attached hydrogen (secondary N) is 1. The second-order valence-corrected chi connectivity index (χ2v) is 8.75. The van der Waals surface area contributed by atoms with Gasteiger partial charge in [0.1, 0.15) is 23.5 Å². The van der Waals surface area contributed by atoms with E-state index >= 15 is 0 Å². The highest BCUT2D eigenvalue weighted by Gasteiger charge is 2.29. The molecule has 3 heterocycles. The Labute approximate surface area is 185 Å². The van der Waals surface area contributed by atoms with Gasteiger partial charge in [-0.05, 0) is 32.1 Å². The zero-order valence-corrected chi connectivity index (χ0v) is 18.0. The molecule has 0 unspecified atom stereocenters. The van der Waals surface area contributed by atoms with Crippen molar-refractivity contribution in [3.63, 3.8) is 0 Å². The number of aromatic nitrogens is 5. The number of hydrogen-bond acceptors (Lipinski definition) is 6. The van der Waals surface area contributed by atoms with Crippen LogP contribution in [-0.2, 0) is 7.05 Å². The van der Waals surface area contributed by atoms with E-state index in [2.05, 4.69) is 33.3 Å². The van der Waals surface area contributed by atoms with Crippen molar-refractivity contribution < 1.29 is 9.84 Å². The van der Waals surface area contributed by atoms with Gasteiger partial charge in [-0.3, -0.25) is 4.68 Å². The van der Waals surface area contributed by atoms with Gasteiger partial charge in [-0.15, -0.1) is 0 Å². The highest BCUT2D eigenvalue weighted by Crippen LogP contribution is 2.39. The highest BCUT2D eigenvalue weighted by atomic mass is 16.5. The lowest BCUT2D eigenvalue weighted by Crippen LogP contribution is -2.25. The fraction of sp³-hybridized carbons (Fsp3) is 0.375. The minimum Gasteiger partial charge on any atom is -0.487 e. The maximum Gasteiger partial charge on any atom is 0.163 e. The summed E-state index contributed by atoms with van der Waals surface area (Å²) < 4.78 is 10.1. The first-order chi connectivity index (χ1) is 15.7. The molecule has 2 saturated carbocycles. The van der Waals surface area contributed by atoms with Crippen LogP contribution in [0.1, 0.15) is 38.1 Å². The maximum atomic E-state index is 10.3. The zero-order valence-electron chi connectivity index (χ0n) is 18.0.